The Morgan fingerprint density at radius 1 is 0.667 bits per heavy atom. The van der Waals surface area contributed by atoms with E-state index in [0.29, 0.717) is 5.41 Å². The minimum atomic E-state index is 0. The number of pyridine rings is 3. The zero-order valence-electron chi connectivity index (χ0n) is 26.4. The van der Waals surface area contributed by atoms with E-state index < -0.39 is 0 Å². The van der Waals surface area contributed by atoms with Gasteiger partial charge in [-0.25, -0.2) is 0 Å². The van der Waals surface area contributed by atoms with Crippen LogP contribution in [0.5, 0.6) is 0 Å². The molecule has 227 valence electrons. The third-order valence-electron chi connectivity index (χ3n) is 8.12. The molecule has 45 heavy (non-hydrogen) atoms. The molecule has 0 fully saturated rings. The Balaban J connectivity index is 0.000000174. The number of rotatable bonds is 4. The van der Waals surface area contributed by atoms with Gasteiger partial charge in [-0.05, 0) is 68.9 Å². The monoisotopic (exact) mass is 764 g/mol. The molecule has 1 aliphatic carbocycles. The van der Waals surface area contributed by atoms with Gasteiger partial charge in [0.2, 0.25) is 0 Å². The molecule has 6 aromatic rings. The molecule has 0 atom stereocenters. The van der Waals surface area contributed by atoms with Crippen molar-refractivity contribution in [2.75, 3.05) is 0 Å². The van der Waals surface area contributed by atoms with Crippen molar-refractivity contribution in [2.24, 2.45) is 5.41 Å². The molecule has 0 N–H and O–H groups in total. The van der Waals surface area contributed by atoms with Gasteiger partial charge in [0.15, 0.2) is 0 Å². The summed E-state index contributed by atoms with van der Waals surface area (Å²) in [6.07, 6.45) is 9.69. The molecule has 1 radical (unpaired) electrons. The zero-order valence-corrected chi connectivity index (χ0v) is 28.8. The van der Waals surface area contributed by atoms with Gasteiger partial charge in [0.05, 0.1) is 0 Å². The summed E-state index contributed by atoms with van der Waals surface area (Å²) in [5.74, 6) is 0. The average Bonchev–Trinajstić information content (AvgIpc) is 3.28. The molecule has 0 bridgehead atoms. The van der Waals surface area contributed by atoms with E-state index in [-0.39, 0.29) is 25.5 Å². The van der Waals surface area contributed by atoms with Crippen molar-refractivity contribution in [1.82, 2.24) is 15.0 Å². The van der Waals surface area contributed by atoms with Crippen molar-refractivity contribution in [3.8, 4) is 44.8 Å². The van der Waals surface area contributed by atoms with Gasteiger partial charge in [0, 0.05) is 43.5 Å². The van der Waals surface area contributed by atoms with Crippen LogP contribution in [0.3, 0.4) is 0 Å². The Hall–Kier alpha value is -4.24. The van der Waals surface area contributed by atoms with Crippen LogP contribution in [0.1, 0.15) is 51.3 Å². The SMILES string of the molecule is CC(C)(C)Cc1ccc(-c2ccnc(-c3[c-]cccc3)c2)cc1.CC1(C)c2ccccc2-c2cnc(-c3[c-]nccc3)cc21.[Ir]. The smallest absolute Gasteiger partial charge is 0.0242 e. The Morgan fingerprint density at radius 3 is 2.11 bits per heavy atom. The van der Waals surface area contributed by atoms with Crippen LogP contribution in [0.15, 0.2) is 122 Å². The quantitative estimate of drug-likeness (QED) is 0.168. The van der Waals surface area contributed by atoms with Crippen LogP contribution in [0.2, 0.25) is 0 Å². The Bertz CT molecular complexity index is 1870. The van der Waals surface area contributed by atoms with Gasteiger partial charge in [-0.1, -0.05) is 101 Å². The average molecular weight is 764 g/mol. The molecule has 3 aromatic heterocycles. The second-order valence-corrected chi connectivity index (χ2v) is 13.1. The molecule has 0 aliphatic heterocycles. The van der Waals surface area contributed by atoms with E-state index in [9.17, 15) is 0 Å². The molecule has 0 saturated carbocycles. The molecular formula is C41H37IrN3-2. The van der Waals surface area contributed by atoms with E-state index >= 15 is 0 Å². The van der Waals surface area contributed by atoms with Crippen LogP contribution in [0.4, 0.5) is 0 Å². The van der Waals surface area contributed by atoms with E-state index in [4.69, 9.17) is 0 Å². The van der Waals surface area contributed by atoms with Crippen LogP contribution >= 0.6 is 0 Å². The zero-order chi connectivity index (χ0) is 30.7. The minimum absolute atomic E-state index is 0. The number of benzene rings is 3. The number of hydrogen-bond acceptors (Lipinski definition) is 3. The van der Waals surface area contributed by atoms with Gasteiger partial charge in [0.25, 0.3) is 0 Å². The first-order valence-corrected chi connectivity index (χ1v) is 15.1. The second kappa shape index (κ2) is 13.4. The number of nitrogens with zero attached hydrogens (tertiary/aromatic N) is 3. The standard InChI is InChI=1S/C22H22N.C19H15N2.Ir/c1-22(2,3)16-17-9-11-18(12-10-17)20-13-14-23-21(15-20)19-7-5-4-6-8-19;1-19(2)16-8-4-3-7-14(16)15-12-21-18(10-17(15)19)13-6-5-9-20-11-13;/h4-7,9-15H,16H2,1-3H3;3-10,12H,1-2H3;/q2*-1;. The van der Waals surface area contributed by atoms with Crippen LogP contribution in [-0.2, 0) is 31.9 Å². The topological polar surface area (TPSA) is 38.7 Å². The van der Waals surface area contributed by atoms with Gasteiger partial charge in [-0.2, -0.15) is 0 Å². The maximum Gasteiger partial charge on any atom is 0.0242 e. The molecule has 0 spiro atoms. The van der Waals surface area contributed by atoms with E-state index in [1.54, 1.807) is 6.20 Å². The molecule has 3 aromatic carbocycles. The van der Waals surface area contributed by atoms with Crippen molar-refractivity contribution >= 4 is 0 Å². The Kier molecular flexibility index (Phi) is 9.58. The van der Waals surface area contributed by atoms with E-state index in [1.165, 1.54) is 38.9 Å². The maximum absolute atomic E-state index is 4.61. The van der Waals surface area contributed by atoms with Crippen LogP contribution in [-0.4, -0.2) is 15.0 Å². The summed E-state index contributed by atoms with van der Waals surface area (Å²) in [4.78, 5) is 13.1. The van der Waals surface area contributed by atoms with E-state index in [0.717, 1.165) is 28.9 Å². The minimum Gasteiger partial charge on any atom is -0.360 e. The summed E-state index contributed by atoms with van der Waals surface area (Å²) < 4.78 is 0. The Labute approximate surface area is 281 Å². The van der Waals surface area contributed by atoms with Crippen LogP contribution in [0, 0.1) is 17.7 Å². The predicted octanol–water partition coefficient (Wildman–Crippen LogP) is 10.1. The van der Waals surface area contributed by atoms with Crippen LogP contribution < -0.4 is 0 Å². The predicted molar refractivity (Wildman–Crippen MR) is 181 cm³/mol. The van der Waals surface area contributed by atoms with Crippen molar-refractivity contribution in [1.29, 1.82) is 0 Å². The summed E-state index contributed by atoms with van der Waals surface area (Å²) in [7, 11) is 0. The largest absolute Gasteiger partial charge is 0.360 e. The summed E-state index contributed by atoms with van der Waals surface area (Å²) in [5.41, 5.74) is 13.2. The van der Waals surface area contributed by atoms with Gasteiger partial charge >= 0.3 is 0 Å². The van der Waals surface area contributed by atoms with Crippen LogP contribution in [0.25, 0.3) is 44.8 Å². The fraction of sp³-hybridized carbons (Fsp3) is 0.195. The Morgan fingerprint density at radius 2 is 1.40 bits per heavy atom. The molecule has 0 unspecified atom stereocenters. The molecule has 0 saturated heterocycles. The van der Waals surface area contributed by atoms with Gasteiger partial charge in [-0.15, -0.1) is 53.6 Å². The first-order valence-electron chi connectivity index (χ1n) is 15.1. The summed E-state index contributed by atoms with van der Waals surface area (Å²) >= 11 is 0. The van der Waals surface area contributed by atoms with Gasteiger partial charge in [-0.3, -0.25) is 0 Å². The summed E-state index contributed by atoms with van der Waals surface area (Å²) in [6, 6.07) is 38.9. The second-order valence-electron chi connectivity index (χ2n) is 13.1. The van der Waals surface area contributed by atoms with E-state index in [1.807, 2.05) is 48.8 Å². The first kappa shape index (κ1) is 32.2. The number of aromatic nitrogens is 3. The fourth-order valence-electron chi connectivity index (χ4n) is 5.95. The first-order chi connectivity index (χ1) is 21.2. The molecule has 1 aliphatic rings. The number of fused-ring (bicyclic) bond motifs is 3. The van der Waals surface area contributed by atoms with E-state index in [2.05, 4.69) is 129 Å². The third-order valence-corrected chi connectivity index (χ3v) is 8.12. The maximum atomic E-state index is 4.61. The molecular weight excluding hydrogens is 727 g/mol. The molecule has 0 amide bonds. The molecule has 3 heterocycles. The van der Waals surface area contributed by atoms with Gasteiger partial charge < -0.3 is 15.0 Å². The summed E-state index contributed by atoms with van der Waals surface area (Å²) in [5, 5.41) is 0. The molecule has 4 heteroatoms. The number of hydrogen-bond donors (Lipinski definition) is 0. The van der Waals surface area contributed by atoms with Crippen molar-refractivity contribution in [3.63, 3.8) is 0 Å². The summed E-state index contributed by atoms with van der Waals surface area (Å²) in [6.45, 7) is 11.4. The molecule has 3 nitrogen and oxygen atoms in total. The van der Waals surface area contributed by atoms with Crippen molar-refractivity contribution in [2.45, 2.75) is 46.5 Å². The van der Waals surface area contributed by atoms with Gasteiger partial charge in [0.1, 0.15) is 0 Å². The molecule has 7 rings (SSSR count). The third kappa shape index (κ3) is 7.20. The fourth-order valence-corrected chi connectivity index (χ4v) is 5.95. The van der Waals surface area contributed by atoms with Crippen molar-refractivity contribution in [3.05, 3.63) is 151 Å². The van der Waals surface area contributed by atoms with Crippen molar-refractivity contribution < 1.29 is 20.1 Å². The normalized spacial score (nSPS) is 12.6.